The molecule has 68 heavy (non-hydrogen) atoms. The number of hydrogen-bond donors (Lipinski definition) is 0. The minimum atomic E-state index is -0.780. The van der Waals surface area contributed by atoms with Crippen LogP contribution in [0, 0.1) is 0 Å². The van der Waals surface area contributed by atoms with E-state index in [1.165, 1.54) is 186 Å². The molecule has 396 valence electrons. The zero-order valence-corrected chi connectivity index (χ0v) is 45.4. The molecule has 0 saturated heterocycles. The molecule has 0 spiro atoms. The standard InChI is InChI=1S/C62H112O6/c1-4-7-10-13-16-19-22-25-27-29-30-31-32-34-36-38-41-44-47-50-53-56-62(65)68-59(57-66-60(63)54-51-48-45-42-39-24-21-18-15-12-9-6-3)58-67-61(64)55-52-49-46-43-40-37-35-33-28-26-23-20-17-14-11-8-5-2/h17,20,25-28,35,37,59H,4-16,18-19,21-24,29-34,36,38-58H2,1-3H3/b20-17-,27-25-,28-26-,37-35-/t59-/m0/s1. The summed E-state index contributed by atoms with van der Waals surface area (Å²) in [6, 6.07) is 0. The van der Waals surface area contributed by atoms with Crippen molar-refractivity contribution in [3.63, 3.8) is 0 Å². The number of esters is 3. The Balaban J connectivity index is 4.34. The molecule has 0 amide bonds. The van der Waals surface area contributed by atoms with E-state index in [2.05, 4.69) is 69.4 Å². The molecular weight excluding hydrogens is 841 g/mol. The summed E-state index contributed by atoms with van der Waals surface area (Å²) in [5.74, 6) is -0.886. The first-order valence-electron chi connectivity index (χ1n) is 29.6. The van der Waals surface area contributed by atoms with Crippen LogP contribution in [0.5, 0.6) is 0 Å². The average molecular weight is 954 g/mol. The third kappa shape index (κ3) is 54.3. The molecule has 0 saturated carbocycles. The maximum atomic E-state index is 12.9. The van der Waals surface area contributed by atoms with Crippen molar-refractivity contribution in [1.29, 1.82) is 0 Å². The SMILES string of the molecule is CCCCC/C=C\C/C=C\C/C=C\CCCCCCC(=O)OC[C@H](COC(=O)CCCCCCCCCCCCCC)OC(=O)CCCCCCCCCCCCC/C=C\CCCCCCCC. The maximum absolute atomic E-state index is 12.9. The van der Waals surface area contributed by atoms with Gasteiger partial charge in [-0.2, -0.15) is 0 Å². The largest absolute Gasteiger partial charge is 0.462 e. The number of rotatable bonds is 54. The molecule has 0 aromatic heterocycles. The van der Waals surface area contributed by atoms with Gasteiger partial charge in [0.1, 0.15) is 13.2 Å². The minimum Gasteiger partial charge on any atom is -0.462 e. The zero-order chi connectivity index (χ0) is 49.3. The van der Waals surface area contributed by atoms with Crippen molar-refractivity contribution in [2.75, 3.05) is 13.2 Å². The fourth-order valence-corrected chi connectivity index (χ4v) is 8.56. The Morgan fingerprint density at radius 2 is 0.529 bits per heavy atom. The van der Waals surface area contributed by atoms with Crippen molar-refractivity contribution in [2.24, 2.45) is 0 Å². The second-order valence-corrected chi connectivity index (χ2v) is 19.9. The van der Waals surface area contributed by atoms with Crippen LogP contribution in [-0.2, 0) is 28.6 Å². The van der Waals surface area contributed by atoms with Crippen LogP contribution in [0.1, 0.15) is 310 Å². The number of unbranched alkanes of at least 4 members (excludes halogenated alkanes) is 35. The lowest BCUT2D eigenvalue weighted by Gasteiger charge is -2.18. The van der Waals surface area contributed by atoms with Crippen molar-refractivity contribution in [3.05, 3.63) is 48.6 Å². The Kier molecular flexibility index (Phi) is 54.8. The summed E-state index contributed by atoms with van der Waals surface area (Å²) in [5, 5.41) is 0. The topological polar surface area (TPSA) is 78.9 Å². The molecule has 1 atom stereocenters. The van der Waals surface area contributed by atoms with Crippen LogP contribution in [0.3, 0.4) is 0 Å². The van der Waals surface area contributed by atoms with Crippen LogP contribution in [0.4, 0.5) is 0 Å². The summed E-state index contributed by atoms with van der Waals surface area (Å²) < 4.78 is 16.9. The molecule has 0 aromatic rings. The first-order chi connectivity index (χ1) is 33.5. The van der Waals surface area contributed by atoms with Gasteiger partial charge in [-0.25, -0.2) is 0 Å². The Morgan fingerprint density at radius 1 is 0.294 bits per heavy atom. The normalized spacial score (nSPS) is 12.3. The minimum absolute atomic E-state index is 0.0774. The van der Waals surface area contributed by atoms with Crippen LogP contribution in [-0.4, -0.2) is 37.2 Å². The highest BCUT2D eigenvalue weighted by Crippen LogP contribution is 2.16. The molecule has 0 aliphatic carbocycles. The van der Waals surface area contributed by atoms with E-state index in [-0.39, 0.29) is 31.1 Å². The fraction of sp³-hybridized carbons (Fsp3) is 0.823. The predicted molar refractivity (Wildman–Crippen MR) is 293 cm³/mol. The highest BCUT2D eigenvalue weighted by atomic mass is 16.6. The van der Waals surface area contributed by atoms with Gasteiger partial charge in [-0.1, -0.05) is 256 Å². The van der Waals surface area contributed by atoms with Gasteiger partial charge in [0.2, 0.25) is 0 Å². The summed E-state index contributed by atoms with van der Waals surface area (Å²) in [4.78, 5) is 38.1. The number of ether oxygens (including phenoxy) is 3. The first kappa shape index (κ1) is 65.4. The molecule has 6 nitrogen and oxygen atoms in total. The molecule has 0 rings (SSSR count). The average Bonchev–Trinajstić information content (AvgIpc) is 3.34. The monoisotopic (exact) mass is 953 g/mol. The maximum Gasteiger partial charge on any atom is 0.306 e. The lowest BCUT2D eigenvalue weighted by Crippen LogP contribution is -2.30. The summed E-state index contributed by atoms with van der Waals surface area (Å²) in [7, 11) is 0. The van der Waals surface area contributed by atoms with Crippen LogP contribution >= 0.6 is 0 Å². The number of carbonyl (C=O) groups excluding carboxylic acids is 3. The second kappa shape index (κ2) is 57.0. The van der Waals surface area contributed by atoms with E-state index in [9.17, 15) is 14.4 Å². The number of carbonyl (C=O) groups is 3. The smallest absolute Gasteiger partial charge is 0.306 e. The van der Waals surface area contributed by atoms with Gasteiger partial charge in [0.05, 0.1) is 0 Å². The van der Waals surface area contributed by atoms with Gasteiger partial charge in [0.15, 0.2) is 6.10 Å². The third-order valence-electron chi connectivity index (χ3n) is 13.1. The molecule has 0 N–H and O–H groups in total. The van der Waals surface area contributed by atoms with Crippen molar-refractivity contribution < 1.29 is 28.6 Å². The van der Waals surface area contributed by atoms with E-state index in [0.717, 1.165) is 83.5 Å². The molecule has 0 radical (unpaired) electrons. The lowest BCUT2D eigenvalue weighted by atomic mass is 10.0. The van der Waals surface area contributed by atoms with E-state index in [4.69, 9.17) is 14.2 Å². The molecule has 0 aliphatic rings. The molecule has 0 fully saturated rings. The van der Waals surface area contributed by atoms with Crippen LogP contribution in [0.15, 0.2) is 48.6 Å². The summed E-state index contributed by atoms with van der Waals surface area (Å²) in [5.41, 5.74) is 0. The lowest BCUT2D eigenvalue weighted by molar-refractivity contribution is -0.167. The van der Waals surface area contributed by atoms with E-state index in [0.29, 0.717) is 19.3 Å². The van der Waals surface area contributed by atoms with Gasteiger partial charge in [-0.3, -0.25) is 14.4 Å². The number of allylic oxidation sites excluding steroid dienone is 8. The molecule has 0 aromatic carbocycles. The summed E-state index contributed by atoms with van der Waals surface area (Å²) >= 11 is 0. The first-order valence-corrected chi connectivity index (χ1v) is 29.6. The number of hydrogen-bond acceptors (Lipinski definition) is 6. The molecule has 0 bridgehead atoms. The predicted octanol–water partition coefficient (Wildman–Crippen LogP) is 19.8. The van der Waals surface area contributed by atoms with Crippen molar-refractivity contribution >= 4 is 17.9 Å². The van der Waals surface area contributed by atoms with Crippen molar-refractivity contribution in [2.45, 2.75) is 316 Å². The van der Waals surface area contributed by atoms with Gasteiger partial charge in [0, 0.05) is 19.3 Å². The van der Waals surface area contributed by atoms with Gasteiger partial charge < -0.3 is 14.2 Å². The summed E-state index contributed by atoms with van der Waals surface area (Å²) in [6.07, 6.45) is 69.6. The van der Waals surface area contributed by atoms with Crippen molar-refractivity contribution in [1.82, 2.24) is 0 Å². The summed E-state index contributed by atoms with van der Waals surface area (Å²) in [6.45, 7) is 6.62. The Morgan fingerprint density at radius 3 is 0.868 bits per heavy atom. The van der Waals surface area contributed by atoms with Crippen molar-refractivity contribution in [3.8, 4) is 0 Å². The quantitative estimate of drug-likeness (QED) is 0.0262. The second-order valence-electron chi connectivity index (χ2n) is 19.9. The van der Waals surface area contributed by atoms with Gasteiger partial charge in [0.25, 0.3) is 0 Å². The van der Waals surface area contributed by atoms with Gasteiger partial charge in [-0.05, 0) is 83.5 Å². The van der Waals surface area contributed by atoms with Crippen LogP contribution in [0.25, 0.3) is 0 Å². The molecule has 0 aliphatic heterocycles. The van der Waals surface area contributed by atoms with Gasteiger partial charge >= 0.3 is 17.9 Å². The molecular formula is C62H112O6. The Labute approximate surface area is 422 Å². The van der Waals surface area contributed by atoms with Crippen LogP contribution < -0.4 is 0 Å². The van der Waals surface area contributed by atoms with E-state index < -0.39 is 6.10 Å². The van der Waals surface area contributed by atoms with Gasteiger partial charge in [-0.15, -0.1) is 0 Å². The van der Waals surface area contributed by atoms with E-state index in [1.54, 1.807) is 0 Å². The fourth-order valence-electron chi connectivity index (χ4n) is 8.56. The Hall–Kier alpha value is -2.63. The molecule has 6 heteroatoms. The highest BCUT2D eigenvalue weighted by molar-refractivity contribution is 5.71. The Bertz CT molecular complexity index is 1190. The van der Waals surface area contributed by atoms with Crippen LogP contribution in [0.2, 0.25) is 0 Å². The molecule has 0 heterocycles. The van der Waals surface area contributed by atoms with E-state index >= 15 is 0 Å². The highest BCUT2D eigenvalue weighted by Gasteiger charge is 2.19. The zero-order valence-electron chi connectivity index (χ0n) is 45.4. The van der Waals surface area contributed by atoms with E-state index in [1.807, 2.05) is 0 Å². The molecule has 0 unspecified atom stereocenters. The third-order valence-corrected chi connectivity index (χ3v) is 13.1.